The summed E-state index contributed by atoms with van der Waals surface area (Å²) in [5.74, 6) is -0.809. The zero-order valence-corrected chi connectivity index (χ0v) is 14.5. The Morgan fingerprint density at radius 1 is 1.12 bits per heavy atom. The zero-order chi connectivity index (χ0) is 18.9. The van der Waals surface area contributed by atoms with Gasteiger partial charge in [-0.1, -0.05) is 43.3 Å². The van der Waals surface area contributed by atoms with Gasteiger partial charge in [0, 0.05) is 30.7 Å². The van der Waals surface area contributed by atoms with E-state index in [0.29, 0.717) is 13.0 Å². The number of carbonyl (C=O) groups is 2. The number of carbonyl (C=O) groups excluding carboxylic acids is 2. The van der Waals surface area contributed by atoms with E-state index in [1.165, 1.54) is 24.3 Å². The highest BCUT2D eigenvalue weighted by Gasteiger charge is 2.22. The van der Waals surface area contributed by atoms with E-state index in [1.54, 1.807) is 0 Å². The first-order chi connectivity index (χ1) is 12.5. The maximum Gasteiger partial charge on any atom is 0.270 e. The standard InChI is InChI=1S/C19H21N3O4/c1-2-11-20-19(24)17(12-14-7-4-3-5-8-14)21-18(23)15-9-6-10-16(13-15)22(25)26/h3-10,13,17H,2,11-12H2,1H3,(H,20,24)(H,21,23). The second-order valence-electron chi connectivity index (χ2n) is 5.81. The van der Waals surface area contributed by atoms with E-state index in [0.717, 1.165) is 12.0 Å². The van der Waals surface area contributed by atoms with Crippen LogP contribution in [-0.4, -0.2) is 29.3 Å². The van der Waals surface area contributed by atoms with Gasteiger partial charge in [-0.3, -0.25) is 19.7 Å². The number of hydrogen-bond acceptors (Lipinski definition) is 4. The van der Waals surface area contributed by atoms with Gasteiger partial charge in [0.25, 0.3) is 11.6 Å². The fourth-order valence-electron chi connectivity index (χ4n) is 2.43. The summed E-state index contributed by atoms with van der Waals surface area (Å²) in [5, 5.41) is 16.3. The highest BCUT2D eigenvalue weighted by Crippen LogP contribution is 2.13. The van der Waals surface area contributed by atoms with Gasteiger partial charge >= 0.3 is 0 Å². The van der Waals surface area contributed by atoms with Crippen molar-refractivity contribution >= 4 is 17.5 Å². The van der Waals surface area contributed by atoms with Crippen molar-refractivity contribution in [2.75, 3.05) is 6.54 Å². The molecule has 7 nitrogen and oxygen atoms in total. The summed E-state index contributed by atoms with van der Waals surface area (Å²) in [7, 11) is 0. The summed E-state index contributed by atoms with van der Waals surface area (Å²) in [6.07, 6.45) is 1.11. The molecule has 0 aliphatic rings. The molecule has 0 saturated heterocycles. The molecule has 2 rings (SSSR count). The predicted molar refractivity (Wildman–Crippen MR) is 97.8 cm³/mol. The molecule has 0 aliphatic carbocycles. The Morgan fingerprint density at radius 2 is 1.85 bits per heavy atom. The molecule has 26 heavy (non-hydrogen) atoms. The lowest BCUT2D eigenvalue weighted by molar-refractivity contribution is -0.384. The van der Waals surface area contributed by atoms with Gasteiger partial charge < -0.3 is 10.6 Å². The Balaban J connectivity index is 2.16. The van der Waals surface area contributed by atoms with Crippen molar-refractivity contribution in [2.45, 2.75) is 25.8 Å². The number of nitro benzene ring substituents is 1. The van der Waals surface area contributed by atoms with Crippen molar-refractivity contribution in [3.05, 3.63) is 75.8 Å². The number of nitro groups is 1. The lowest BCUT2D eigenvalue weighted by Crippen LogP contribution is -2.48. The van der Waals surface area contributed by atoms with Crippen molar-refractivity contribution in [3.63, 3.8) is 0 Å². The molecule has 0 saturated carbocycles. The molecule has 7 heteroatoms. The average Bonchev–Trinajstić information content (AvgIpc) is 2.66. The van der Waals surface area contributed by atoms with E-state index in [2.05, 4.69) is 10.6 Å². The third-order valence-electron chi connectivity index (χ3n) is 3.77. The van der Waals surface area contributed by atoms with Crippen LogP contribution in [0.15, 0.2) is 54.6 Å². The van der Waals surface area contributed by atoms with Crippen LogP contribution in [0, 0.1) is 10.1 Å². The first-order valence-corrected chi connectivity index (χ1v) is 8.38. The average molecular weight is 355 g/mol. The topological polar surface area (TPSA) is 101 Å². The fourth-order valence-corrected chi connectivity index (χ4v) is 2.43. The first-order valence-electron chi connectivity index (χ1n) is 8.38. The lowest BCUT2D eigenvalue weighted by Gasteiger charge is -2.18. The summed E-state index contributed by atoms with van der Waals surface area (Å²) < 4.78 is 0. The SMILES string of the molecule is CCCNC(=O)C(Cc1ccccc1)NC(=O)c1cccc([N+](=O)[O-])c1. The highest BCUT2D eigenvalue weighted by molar-refractivity contribution is 5.98. The van der Waals surface area contributed by atoms with E-state index < -0.39 is 16.9 Å². The number of benzene rings is 2. The molecule has 0 spiro atoms. The smallest absolute Gasteiger partial charge is 0.270 e. The van der Waals surface area contributed by atoms with Crippen LogP contribution in [-0.2, 0) is 11.2 Å². The van der Waals surface area contributed by atoms with Crippen LogP contribution in [0.4, 0.5) is 5.69 Å². The number of hydrogen-bond donors (Lipinski definition) is 2. The van der Waals surface area contributed by atoms with Gasteiger partial charge in [-0.25, -0.2) is 0 Å². The molecule has 0 fully saturated rings. The van der Waals surface area contributed by atoms with Crippen LogP contribution in [0.3, 0.4) is 0 Å². The normalized spacial score (nSPS) is 11.4. The molecule has 2 aromatic carbocycles. The summed E-state index contributed by atoms with van der Waals surface area (Å²) in [6, 6.07) is 14.0. The van der Waals surface area contributed by atoms with Crippen molar-refractivity contribution in [1.29, 1.82) is 0 Å². The molecule has 1 unspecified atom stereocenters. The third kappa shape index (κ3) is 5.41. The van der Waals surface area contributed by atoms with Gasteiger partial charge in [0.1, 0.15) is 6.04 Å². The van der Waals surface area contributed by atoms with Crippen LogP contribution >= 0.6 is 0 Å². The van der Waals surface area contributed by atoms with Gasteiger partial charge in [0.2, 0.25) is 5.91 Å². The molecular weight excluding hydrogens is 334 g/mol. The molecule has 0 bridgehead atoms. The molecular formula is C19H21N3O4. The van der Waals surface area contributed by atoms with Crippen LogP contribution in [0.25, 0.3) is 0 Å². The summed E-state index contributed by atoms with van der Waals surface area (Å²) in [5.41, 5.74) is 0.872. The molecule has 1 atom stereocenters. The predicted octanol–water partition coefficient (Wildman–Crippen LogP) is 2.46. The molecule has 0 aromatic heterocycles. The van der Waals surface area contributed by atoms with Gasteiger partial charge in [0.05, 0.1) is 4.92 Å². The number of nitrogens with one attached hydrogen (secondary N) is 2. The van der Waals surface area contributed by atoms with Crippen molar-refractivity contribution < 1.29 is 14.5 Å². The van der Waals surface area contributed by atoms with Crippen LogP contribution < -0.4 is 10.6 Å². The van der Waals surface area contributed by atoms with Gasteiger partial charge in [-0.15, -0.1) is 0 Å². The summed E-state index contributed by atoms with van der Waals surface area (Å²) >= 11 is 0. The van der Waals surface area contributed by atoms with Gasteiger partial charge in [-0.05, 0) is 18.1 Å². The van der Waals surface area contributed by atoms with Gasteiger partial charge in [0.15, 0.2) is 0 Å². The van der Waals surface area contributed by atoms with Crippen LogP contribution in [0.2, 0.25) is 0 Å². The second-order valence-corrected chi connectivity index (χ2v) is 5.81. The summed E-state index contributed by atoms with van der Waals surface area (Å²) in [4.78, 5) is 35.2. The highest BCUT2D eigenvalue weighted by atomic mass is 16.6. The zero-order valence-electron chi connectivity index (χ0n) is 14.5. The molecule has 2 aromatic rings. The monoisotopic (exact) mass is 355 g/mol. The van der Waals surface area contributed by atoms with Crippen molar-refractivity contribution in [2.24, 2.45) is 0 Å². The number of amides is 2. The number of non-ortho nitro benzene ring substituents is 1. The molecule has 0 radical (unpaired) electrons. The number of rotatable bonds is 8. The molecule has 0 aliphatic heterocycles. The Bertz CT molecular complexity index is 777. The molecule has 136 valence electrons. The quantitative estimate of drug-likeness (QED) is 0.561. The van der Waals surface area contributed by atoms with Gasteiger partial charge in [-0.2, -0.15) is 0 Å². The second kappa shape index (κ2) is 9.31. The Labute approximate surface area is 151 Å². The lowest BCUT2D eigenvalue weighted by atomic mass is 10.0. The van der Waals surface area contributed by atoms with E-state index in [4.69, 9.17) is 0 Å². The number of nitrogens with zero attached hydrogens (tertiary/aromatic N) is 1. The van der Waals surface area contributed by atoms with E-state index >= 15 is 0 Å². The first kappa shape index (κ1) is 19.1. The fraction of sp³-hybridized carbons (Fsp3) is 0.263. The van der Waals surface area contributed by atoms with E-state index in [1.807, 2.05) is 37.3 Å². The maximum atomic E-state index is 12.5. The molecule has 0 heterocycles. The Morgan fingerprint density at radius 3 is 2.50 bits per heavy atom. The molecule has 2 N–H and O–H groups in total. The van der Waals surface area contributed by atoms with Crippen molar-refractivity contribution in [1.82, 2.24) is 10.6 Å². The van der Waals surface area contributed by atoms with Crippen LogP contribution in [0.5, 0.6) is 0 Å². The Hall–Kier alpha value is -3.22. The minimum absolute atomic E-state index is 0.139. The minimum atomic E-state index is -0.768. The van der Waals surface area contributed by atoms with E-state index in [9.17, 15) is 19.7 Å². The van der Waals surface area contributed by atoms with Crippen molar-refractivity contribution in [3.8, 4) is 0 Å². The Kier molecular flexibility index (Phi) is 6.84. The molecule has 2 amide bonds. The minimum Gasteiger partial charge on any atom is -0.354 e. The van der Waals surface area contributed by atoms with E-state index in [-0.39, 0.29) is 17.2 Å². The largest absolute Gasteiger partial charge is 0.354 e. The third-order valence-corrected chi connectivity index (χ3v) is 3.77. The summed E-state index contributed by atoms with van der Waals surface area (Å²) in [6.45, 7) is 2.45. The van der Waals surface area contributed by atoms with Crippen LogP contribution in [0.1, 0.15) is 29.3 Å². The maximum absolute atomic E-state index is 12.5.